The lowest BCUT2D eigenvalue weighted by Gasteiger charge is -2.06. The molecule has 0 heterocycles. The Bertz CT molecular complexity index is 1100. The molecule has 32 heavy (non-hydrogen) atoms. The zero-order valence-electron chi connectivity index (χ0n) is 19.4. The Balaban J connectivity index is 1.58. The van der Waals surface area contributed by atoms with Crippen LogP contribution in [0.25, 0.3) is 0 Å². The molecule has 0 N–H and O–H groups in total. The third-order valence-corrected chi connectivity index (χ3v) is 5.27. The average molecular weight is 421 g/mol. The Morgan fingerprint density at radius 1 is 0.656 bits per heavy atom. The van der Waals surface area contributed by atoms with Gasteiger partial charge in [0.05, 0.1) is 6.61 Å². The first-order valence-electron chi connectivity index (χ1n) is 11.6. The molecule has 0 saturated carbocycles. The van der Waals surface area contributed by atoms with E-state index >= 15 is 0 Å². The van der Waals surface area contributed by atoms with Crippen molar-refractivity contribution in [1.29, 1.82) is 0 Å². The molecule has 0 fully saturated rings. The minimum absolute atomic E-state index is 0.538. The molecule has 0 spiro atoms. The van der Waals surface area contributed by atoms with E-state index in [2.05, 4.69) is 68.7 Å². The largest absolute Gasteiger partial charge is 0.494 e. The van der Waals surface area contributed by atoms with Crippen molar-refractivity contribution in [3.05, 3.63) is 101 Å². The number of rotatable bonds is 7. The number of hydrogen-bond acceptors (Lipinski definition) is 1. The van der Waals surface area contributed by atoms with Gasteiger partial charge in [-0.2, -0.15) is 0 Å². The highest BCUT2D eigenvalue weighted by Crippen LogP contribution is 2.15. The number of hydrogen-bond donors (Lipinski definition) is 0. The monoisotopic (exact) mass is 420 g/mol. The molecular formula is C31H32O. The Labute approximate surface area is 193 Å². The van der Waals surface area contributed by atoms with Crippen LogP contribution in [-0.2, 0) is 0 Å². The molecule has 3 aromatic carbocycles. The van der Waals surface area contributed by atoms with Crippen molar-refractivity contribution in [3.63, 3.8) is 0 Å². The molecule has 0 unspecified atom stereocenters. The highest BCUT2D eigenvalue weighted by atomic mass is 16.5. The highest BCUT2D eigenvalue weighted by Gasteiger charge is 1.98. The van der Waals surface area contributed by atoms with Gasteiger partial charge in [-0.05, 0) is 72.5 Å². The van der Waals surface area contributed by atoms with Gasteiger partial charge >= 0.3 is 0 Å². The van der Waals surface area contributed by atoms with Gasteiger partial charge < -0.3 is 4.74 Å². The van der Waals surface area contributed by atoms with Gasteiger partial charge in [0, 0.05) is 22.3 Å². The summed E-state index contributed by atoms with van der Waals surface area (Å²) in [5, 5.41) is 0. The average Bonchev–Trinajstić information content (AvgIpc) is 2.82. The summed E-state index contributed by atoms with van der Waals surface area (Å²) in [4.78, 5) is 0. The van der Waals surface area contributed by atoms with E-state index in [1.54, 1.807) is 0 Å². The van der Waals surface area contributed by atoms with Gasteiger partial charge in [-0.25, -0.2) is 0 Å². The van der Waals surface area contributed by atoms with Crippen LogP contribution in [0.3, 0.4) is 0 Å². The summed E-state index contributed by atoms with van der Waals surface area (Å²) in [5.74, 6) is 14.4. The van der Waals surface area contributed by atoms with Crippen LogP contribution in [0.15, 0.2) is 72.8 Å². The maximum atomic E-state index is 5.86. The minimum Gasteiger partial charge on any atom is -0.494 e. The maximum Gasteiger partial charge on any atom is 0.120 e. The van der Waals surface area contributed by atoms with Gasteiger partial charge in [0.15, 0.2) is 0 Å². The van der Waals surface area contributed by atoms with E-state index in [4.69, 9.17) is 4.74 Å². The van der Waals surface area contributed by atoms with Crippen LogP contribution < -0.4 is 4.74 Å². The van der Waals surface area contributed by atoms with Gasteiger partial charge in [0.1, 0.15) is 5.75 Å². The quantitative estimate of drug-likeness (QED) is 0.283. The fourth-order valence-corrected chi connectivity index (χ4v) is 3.26. The summed E-state index contributed by atoms with van der Waals surface area (Å²) in [6.45, 7) is 7.38. The van der Waals surface area contributed by atoms with E-state index in [1.807, 2.05) is 48.5 Å². The zero-order valence-corrected chi connectivity index (χ0v) is 19.4. The molecule has 3 rings (SSSR count). The lowest BCUT2D eigenvalue weighted by Crippen LogP contribution is -1.97. The van der Waals surface area contributed by atoms with E-state index in [0.29, 0.717) is 5.92 Å². The van der Waals surface area contributed by atoms with Crippen molar-refractivity contribution in [1.82, 2.24) is 0 Å². The molecular weight excluding hydrogens is 388 g/mol. The number of ether oxygens (including phenoxy) is 1. The van der Waals surface area contributed by atoms with Gasteiger partial charge in [-0.1, -0.05) is 81.9 Å². The molecule has 1 nitrogen and oxygen atoms in total. The fourth-order valence-electron chi connectivity index (χ4n) is 3.26. The summed E-state index contributed by atoms with van der Waals surface area (Å²) in [7, 11) is 0. The molecule has 1 heteroatoms. The summed E-state index contributed by atoms with van der Waals surface area (Å²) >= 11 is 0. The van der Waals surface area contributed by atoms with Crippen molar-refractivity contribution in [3.8, 4) is 29.4 Å². The predicted molar refractivity (Wildman–Crippen MR) is 135 cm³/mol. The van der Waals surface area contributed by atoms with Crippen LogP contribution in [0.2, 0.25) is 0 Å². The van der Waals surface area contributed by atoms with Crippen LogP contribution in [0.5, 0.6) is 5.75 Å². The van der Waals surface area contributed by atoms with Crippen molar-refractivity contribution in [2.24, 2.45) is 0 Å². The van der Waals surface area contributed by atoms with Crippen molar-refractivity contribution in [2.45, 2.75) is 52.4 Å². The molecule has 0 aromatic heterocycles. The van der Waals surface area contributed by atoms with Crippen LogP contribution in [-0.4, -0.2) is 6.61 Å². The lowest BCUT2D eigenvalue weighted by atomic mass is 10.0. The third-order valence-electron chi connectivity index (χ3n) is 5.27. The molecule has 3 aromatic rings. The molecule has 162 valence electrons. The first kappa shape index (κ1) is 23.2. The maximum absolute atomic E-state index is 5.86. The van der Waals surface area contributed by atoms with Crippen LogP contribution in [0.4, 0.5) is 0 Å². The summed E-state index contributed by atoms with van der Waals surface area (Å²) < 4.78 is 5.86. The molecule has 0 aliphatic rings. The Morgan fingerprint density at radius 3 is 1.78 bits per heavy atom. The van der Waals surface area contributed by atoms with E-state index in [-0.39, 0.29) is 0 Å². The van der Waals surface area contributed by atoms with E-state index in [0.717, 1.165) is 41.0 Å². The van der Waals surface area contributed by atoms with E-state index < -0.39 is 0 Å². The summed E-state index contributed by atoms with van der Waals surface area (Å²) in [5.41, 5.74) is 5.29. The van der Waals surface area contributed by atoms with Crippen molar-refractivity contribution in [2.75, 3.05) is 6.61 Å². The van der Waals surface area contributed by atoms with Gasteiger partial charge in [-0.15, -0.1) is 0 Å². The molecule has 0 aliphatic carbocycles. The zero-order chi connectivity index (χ0) is 22.6. The molecule has 0 radical (unpaired) electrons. The molecule has 0 aliphatic heterocycles. The molecule has 0 atom stereocenters. The van der Waals surface area contributed by atoms with E-state index in [1.165, 1.54) is 24.8 Å². The Morgan fingerprint density at radius 2 is 1.22 bits per heavy atom. The smallest absolute Gasteiger partial charge is 0.120 e. The fraction of sp³-hybridized carbons (Fsp3) is 0.290. The van der Waals surface area contributed by atoms with Gasteiger partial charge in [-0.3, -0.25) is 0 Å². The van der Waals surface area contributed by atoms with E-state index in [9.17, 15) is 0 Å². The third kappa shape index (κ3) is 7.68. The Kier molecular flexibility index (Phi) is 9.04. The van der Waals surface area contributed by atoms with Crippen molar-refractivity contribution >= 4 is 0 Å². The molecule has 0 saturated heterocycles. The minimum atomic E-state index is 0.538. The SMILES string of the molecule is CCCCCCOc1cccc(C#Cc2ccc(C#Cc3ccc(C(C)C)cc3)cc2)c1. The second kappa shape index (κ2) is 12.4. The molecule has 0 amide bonds. The van der Waals surface area contributed by atoms with Crippen molar-refractivity contribution < 1.29 is 4.74 Å². The second-order valence-electron chi connectivity index (χ2n) is 8.29. The van der Waals surface area contributed by atoms with Crippen LogP contribution in [0.1, 0.15) is 80.2 Å². The van der Waals surface area contributed by atoms with Crippen LogP contribution in [0, 0.1) is 23.7 Å². The second-order valence-corrected chi connectivity index (χ2v) is 8.29. The standard InChI is InChI=1S/C31H32O/c1-4-5-6-7-23-32-31-10-8-9-29(24-31)18-17-27-13-11-26(12-14-27)15-16-28-19-21-30(22-20-28)25(2)3/h8-14,19-22,24-25H,4-7,23H2,1-3H3. The summed E-state index contributed by atoms with van der Waals surface area (Å²) in [6.07, 6.45) is 4.83. The number of benzene rings is 3. The normalized spacial score (nSPS) is 10.1. The predicted octanol–water partition coefficient (Wildman–Crippen LogP) is 7.57. The lowest BCUT2D eigenvalue weighted by molar-refractivity contribution is 0.305. The Hall–Kier alpha value is -3.42. The number of unbranched alkanes of at least 4 members (excludes halogenated alkanes) is 3. The van der Waals surface area contributed by atoms with Crippen LogP contribution >= 0.6 is 0 Å². The highest BCUT2D eigenvalue weighted by molar-refractivity contribution is 5.49. The first-order chi connectivity index (χ1) is 15.6. The van der Waals surface area contributed by atoms with Gasteiger partial charge in [0.2, 0.25) is 0 Å². The summed E-state index contributed by atoms with van der Waals surface area (Å²) in [6, 6.07) is 24.6. The van der Waals surface area contributed by atoms with Gasteiger partial charge in [0.25, 0.3) is 0 Å². The first-order valence-corrected chi connectivity index (χ1v) is 11.6. The molecule has 0 bridgehead atoms. The topological polar surface area (TPSA) is 9.23 Å².